The second kappa shape index (κ2) is 6.62. The van der Waals surface area contributed by atoms with Gasteiger partial charge < -0.3 is 4.40 Å². The molecule has 0 unspecified atom stereocenters. The number of pyridine rings is 1. The van der Waals surface area contributed by atoms with E-state index in [1.54, 1.807) is 0 Å². The van der Waals surface area contributed by atoms with Crippen LogP contribution < -0.4 is 0 Å². The zero-order valence-electron chi connectivity index (χ0n) is 13.9. The molecule has 0 aliphatic carbocycles. The molecular weight excluding hydrogens is 294 g/mol. The second-order valence-electron chi connectivity index (χ2n) is 6.50. The largest absolute Gasteiger partial charge is 0.303 e. The Kier molecular flexibility index (Phi) is 4.18. The summed E-state index contributed by atoms with van der Waals surface area (Å²) in [5, 5.41) is 0. The molecule has 0 radical (unpaired) electrons. The van der Waals surface area contributed by atoms with E-state index in [-0.39, 0.29) is 0 Å². The number of benzene rings is 1. The summed E-state index contributed by atoms with van der Waals surface area (Å²) in [4.78, 5) is 7.55. The first kappa shape index (κ1) is 15.2. The Bertz CT molecular complexity index is 827. The van der Waals surface area contributed by atoms with Gasteiger partial charge in [-0.05, 0) is 38.1 Å². The van der Waals surface area contributed by atoms with E-state index in [0.29, 0.717) is 5.92 Å². The van der Waals surface area contributed by atoms with Gasteiger partial charge in [-0.3, -0.25) is 4.90 Å². The van der Waals surface area contributed by atoms with Gasteiger partial charge in [0.25, 0.3) is 0 Å². The van der Waals surface area contributed by atoms with Crippen molar-refractivity contribution in [1.29, 1.82) is 0 Å². The minimum atomic E-state index is 0.526. The number of aromatic nitrogens is 2. The Labute approximate surface area is 143 Å². The third-order valence-electron chi connectivity index (χ3n) is 4.96. The van der Waals surface area contributed by atoms with Crippen LogP contribution in [-0.2, 0) is 0 Å². The maximum atomic E-state index is 5.08. The lowest BCUT2D eigenvalue weighted by atomic mass is 9.96. The highest BCUT2D eigenvalue weighted by atomic mass is 15.1. The molecule has 1 aliphatic rings. The lowest BCUT2D eigenvalue weighted by Gasteiger charge is -2.30. The van der Waals surface area contributed by atoms with Crippen molar-refractivity contribution in [3.05, 3.63) is 73.2 Å². The van der Waals surface area contributed by atoms with Gasteiger partial charge in [0.05, 0.1) is 11.2 Å². The topological polar surface area (TPSA) is 20.5 Å². The van der Waals surface area contributed by atoms with Gasteiger partial charge in [0.1, 0.15) is 5.82 Å². The van der Waals surface area contributed by atoms with E-state index >= 15 is 0 Å². The van der Waals surface area contributed by atoms with Gasteiger partial charge in [-0.15, -0.1) is 6.58 Å². The van der Waals surface area contributed by atoms with Crippen LogP contribution in [0.3, 0.4) is 0 Å². The smallest absolute Gasteiger partial charge is 0.117 e. The van der Waals surface area contributed by atoms with Crippen molar-refractivity contribution in [2.45, 2.75) is 18.8 Å². The molecule has 0 bridgehead atoms. The lowest BCUT2D eigenvalue weighted by molar-refractivity contribution is 0.229. The maximum absolute atomic E-state index is 5.08. The second-order valence-corrected chi connectivity index (χ2v) is 6.50. The minimum absolute atomic E-state index is 0.526. The molecule has 0 saturated carbocycles. The van der Waals surface area contributed by atoms with E-state index in [2.05, 4.69) is 70.6 Å². The molecule has 1 aliphatic heterocycles. The van der Waals surface area contributed by atoms with Crippen LogP contribution in [0, 0.1) is 0 Å². The molecule has 1 aromatic carbocycles. The Morgan fingerprint density at radius 3 is 2.54 bits per heavy atom. The number of hydrogen-bond donors (Lipinski definition) is 0. The van der Waals surface area contributed by atoms with Crippen LogP contribution in [0.25, 0.3) is 16.8 Å². The van der Waals surface area contributed by atoms with Crippen LogP contribution in [0.5, 0.6) is 0 Å². The third-order valence-corrected chi connectivity index (χ3v) is 4.96. The Morgan fingerprint density at radius 2 is 1.79 bits per heavy atom. The Hall–Kier alpha value is -2.39. The van der Waals surface area contributed by atoms with E-state index in [1.165, 1.54) is 16.9 Å². The van der Waals surface area contributed by atoms with Gasteiger partial charge in [0.2, 0.25) is 0 Å². The van der Waals surface area contributed by atoms with E-state index in [1.807, 2.05) is 6.08 Å². The highest BCUT2D eigenvalue weighted by Crippen LogP contribution is 2.32. The Balaban J connectivity index is 1.71. The number of imidazole rings is 1. The highest BCUT2D eigenvalue weighted by Gasteiger charge is 2.25. The normalized spacial score (nSPS) is 16.5. The molecule has 3 heteroatoms. The molecule has 3 nitrogen and oxygen atoms in total. The van der Waals surface area contributed by atoms with Crippen LogP contribution >= 0.6 is 0 Å². The molecule has 3 heterocycles. The van der Waals surface area contributed by atoms with Gasteiger partial charge in [0, 0.05) is 24.2 Å². The van der Waals surface area contributed by atoms with Crippen molar-refractivity contribution < 1.29 is 0 Å². The standard InChI is InChI=1S/C21H23N3/c1-2-13-23-15-11-18(12-16-23)21-22-20(17-8-4-3-5-9-17)19-10-6-7-14-24(19)21/h2-10,14,18H,1,11-13,15-16H2. The number of likely N-dealkylation sites (tertiary alicyclic amines) is 1. The van der Waals surface area contributed by atoms with Crippen molar-refractivity contribution >= 4 is 5.52 Å². The number of piperidine rings is 1. The minimum Gasteiger partial charge on any atom is -0.303 e. The molecule has 0 N–H and O–H groups in total. The van der Waals surface area contributed by atoms with Gasteiger partial charge in [0.15, 0.2) is 0 Å². The predicted molar refractivity (Wildman–Crippen MR) is 99.2 cm³/mol. The lowest BCUT2D eigenvalue weighted by Crippen LogP contribution is -2.33. The van der Waals surface area contributed by atoms with E-state index in [0.717, 1.165) is 38.2 Å². The zero-order chi connectivity index (χ0) is 16.4. The first-order chi connectivity index (χ1) is 11.9. The Morgan fingerprint density at radius 1 is 1.04 bits per heavy atom. The molecule has 2 aromatic heterocycles. The first-order valence-electron chi connectivity index (χ1n) is 8.72. The molecule has 1 saturated heterocycles. The molecule has 122 valence electrons. The third kappa shape index (κ3) is 2.76. The summed E-state index contributed by atoms with van der Waals surface area (Å²) in [6.45, 7) is 7.09. The van der Waals surface area contributed by atoms with Crippen LogP contribution in [-0.4, -0.2) is 33.9 Å². The van der Waals surface area contributed by atoms with E-state index < -0.39 is 0 Å². The number of rotatable bonds is 4. The summed E-state index contributed by atoms with van der Waals surface area (Å²) in [5.74, 6) is 1.74. The van der Waals surface area contributed by atoms with Crippen LogP contribution in [0.15, 0.2) is 67.4 Å². The van der Waals surface area contributed by atoms with Crippen molar-refractivity contribution in [3.63, 3.8) is 0 Å². The predicted octanol–water partition coefficient (Wildman–Crippen LogP) is 4.37. The average Bonchev–Trinajstić information content (AvgIpc) is 3.03. The fraction of sp³-hybridized carbons (Fsp3) is 0.286. The first-order valence-corrected chi connectivity index (χ1v) is 8.72. The molecule has 24 heavy (non-hydrogen) atoms. The van der Waals surface area contributed by atoms with Gasteiger partial charge in [-0.2, -0.15) is 0 Å². The SMILES string of the molecule is C=CCN1CCC(c2nc(-c3ccccc3)c3ccccn23)CC1. The van der Waals surface area contributed by atoms with Crippen LogP contribution in [0.1, 0.15) is 24.6 Å². The summed E-state index contributed by atoms with van der Waals surface area (Å²) in [5.41, 5.74) is 3.49. The number of nitrogens with zero attached hydrogens (tertiary/aromatic N) is 3. The van der Waals surface area contributed by atoms with Crippen molar-refractivity contribution in [1.82, 2.24) is 14.3 Å². The van der Waals surface area contributed by atoms with Crippen LogP contribution in [0.2, 0.25) is 0 Å². The highest BCUT2D eigenvalue weighted by molar-refractivity contribution is 5.77. The quantitative estimate of drug-likeness (QED) is 0.666. The fourth-order valence-corrected chi connectivity index (χ4v) is 3.71. The van der Waals surface area contributed by atoms with Gasteiger partial charge >= 0.3 is 0 Å². The summed E-state index contributed by atoms with van der Waals surface area (Å²) < 4.78 is 2.29. The summed E-state index contributed by atoms with van der Waals surface area (Å²) in [6, 6.07) is 16.9. The summed E-state index contributed by atoms with van der Waals surface area (Å²) in [7, 11) is 0. The average molecular weight is 317 g/mol. The van der Waals surface area contributed by atoms with E-state index in [9.17, 15) is 0 Å². The fourth-order valence-electron chi connectivity index (χ4n) is 3.71. The molecule has 0 spiro atoms. The number of hydrogen-bond acceptors (Lipinski definition) is 2. The maximum Gasteiger partial charge on any atom is 0.117 e. The zero-order valence-corrected chi connectivity index (χ0v) is 13.9. The molecule has 3 aromatic rings. The molecule has 4 rings (SSSR count). The number of fused-ring (bicyclic) bond motifs is 1. The molecular formula is C21H23N3. The molecule has 0 atom stereocenters. The van der Waals surface area contributed by atoms with Crippen LogP contribution in [0.4, 0.5) is 0 Å². The van der Waals surface area contributed by atoms with Crippen molar-refractivity contribution in [3.8, 4) is 11.3 Å². The molecule has 0 amide bonds. The van der Waals surface area contributed by atoms with Gasteiger partial charge in [-0.1, -0.05) is 42.5 Å². The summed E-state index contributed by atoms with van der Waals surface area (Å²) in [6.07, 6.45) is 6.48. The van der Waals surface area contributed by atoms with Gasteiger partial charge in [-0.25, -0.2) is 4.98 Å². The molecule has 1 fully saturated rings. The summed E-state index contributed by atoms with van der Waals surface area (Å²) >= 11 is 0. The van der Waals surface area contributed by atoms with Crippen molar-refractivity contribution in [2.24, 2.45) is 0 Å². The monoisotopic (exact) mass is 317 g/mol. The van der Waals surface area contributed by atoms with E-state index in [4.69, 9.17) is 4.98 Å². The van der Waals surface area contributed by atoms with Crippen molar-refractivity contribution in [2.75, 3.05) is 19.6 Å².